The number of benzene rings is 1. The van der Waals surface area contributed by atoms with Crippen LogP contribution in [0.1, 0.15) is 158 Å². The zero-order valence-electron chi connectivity index (χ0n) is 41.2. The van der Waals surface area contributed by atoms with Gasteiger partial charge in [0.05, 0.1) is 19.4 Å². The minimum atomic E-state index is 0.229. The molecule has 5 unspecified atom stereocenters. The number of piperidine rings is 1. The molecule has 0 bridgehead atoms. The molecule has 1 aliphatic carbocycles. The molecule has 1 saturated carbocycles. The fourth-order valence-corrected chi connectivity index (χ4v) is 12.3. The van der Waals surface area contributed by atoms with Gasteiger partial charge in [-0.1, -0.05) is 31.0 Å². The number of fused-ring (bicyclic) bond motifs is 5. The number of hydrogen-bond acceptors (Lipinski definition) is 8. The van der Waals surface area contributed by atoms with Crippen molar-refractivity contribution in [1.29, 1.82) is 0 Å². The van der Waals surface area contributed by atoms with Crippen LogP contribution in [0.15, 0.2) is 24.3 Å². The first-order chi connectivity index (χ1) is 29.3. The molecule has 10 rings (SSSR count). The topological polar surface area (TPSA) is 43.0 Å². The highest BCUT2D eigenvalue weighted by Gasteiger charge is 2.42. The molecule has 1 amide bonds. The maximum absolute atomic E-state index is 11.7. The van der Waals surface area contributed by atoms with Gasteiger partial charge < -0.3 is 9.80 Å². The minimum Gasteiger partial charge on any atom is -0.369 e. The Hall–Kier alpha value is -1.75. The smallest absolute Gasteiger partial charge is 0.241 e. The second-order valence-electron chi connectivity index (χ2n) is 21.7. The molecule has 1 aromatic carbocycles. The molecule has 8 fully saturated rings. The van der Waals surface area contributed by atoms with E-state index in [9.17, 15) is 4.79 Å². The molecule has 0 N–H and O–H groups in total. The SMILES string of the molecule is CC(C)N1CC2CCCN2C1.CC(C)N1CCCC2CCCCC21.CC(C)N1CCCc2ccccc21.CC(C)N1CCN2CCCC2C1.CC(C)N1CN2CCCC2C1=O. The summed E-state index contributed by atoms with van der Waals surface area (Å²) in [6.07, 6.45) is 19.4. The summed E-state index contributed by atoms with van der Waals surface area (Å²) in [6, 6.07) is 15.0. The van der Waals surface area contributed by atoms with Gasteiger partial charge in [0.15, 0.2) is 0 Å². The number of aryl methyl sites for hydroxylation is 1. The summed E-state index contributed by atoms with van der Waals surface area (Å²) in [4.78, 5) is 31.7. The standard InChI is InChI=1S/C12H23N.C12H17N.C10H20N2.C9H16N2O.C9H18N2/c2*1-10(2)13-9-5-7-11-6-3-4-8-12(11)13;1-9(2)12-7-6-11-5-3-4-10(11)8-12;1-7(2)11-6-10-5-3-4-8(10)9(11)12;1-8(2)11-6-9-4-3-5-10(9)7-11/h10-12H,3-9H2,1-2H3;3-4,6,8,10H,5,7,9H2,1-2H3;9-10H,3-8H2,1-2H3;7-8H,3-6H2,1-2H3;8-9H,3-7H2,1-2H3. The van der Waals surface area contributed by atoms with Crippen molar-refractivity contribution in [2.24, 2.45) is 5.92 Å². The lowest BCUT2D eigenvalue weighted by molar-refractivity contribution is -0.130. The normalized spacial score (nSPS) is 29.6. The third-order valence-electron chi connectivity index (χ3n) is 16.0. The van der Waals surface area contributed by atoms with Crippen molar-refractivity contribution < 1.29 is 4.79 Å². The largest absolute Gasteiger partial charge is 0.369 e. The van der Waals surface area contributed by atoms with E-state index in [-0.39, 0.29) is 6.04 Å². The Kier molecular flexibility index (Phi) is 18.7. The van der Waals surface area contributed by atoms with Crippen LogP contribution in [0.2, 0.25) is 0 Å². The van der Waals surface area contributed by atoms with E-state index in [1.165, 1.54) is 154 Å². The van der Waals surface area contributed by atoms with Gasteiger partial charge in [0.1, 0.15) is 0 Å². The Bertz CT molecular complexity index is 1440. The summed E-state index contributed by atoms with van der Waals surface area (Å²) in [6.45, 7) is 36.3. The number of nitrogens with zero attached hydrogens (tertiary/aromatic N) is 8. The fourth-order valence-electron chi connectivity index (χ4n) is 12.3. The first-order valence-electron chi connectivity index (χ1n) is 25.9. The van der Waals surface area contributed by atoms with E-state index < -0.39 is 0 Å². The number of rotatable bonds is 5. The first-order valence-corrected chi connectivity index (χ1v) is 25.9. The van der Waals surface area contributed by atoms with Crippen LogP contribution in [-0.4, -0.2) is 167 Å². The zero-order chi connectivity index (χ0) is 43.6. The molecule has 0 radical (unpaired) electrons. The van der Waals surface area contributed by atoms with Crippen LogP contribution in [0.3, 0.4) is 0 Å². The highest BCUT2D eigenvalue weighted by atomic mass is 16.2. The number of para-hydroxylation sites is 1. The summed E-state index contributed by atoms with van der Waals surface area (Å²) in [5, 5.41) is 0. The lowest BCUT2D eigenvalue weighted by atomic mass is 9.78. The van der Waals surface area contributed by atoms with Crippen LogP contribution in [0.25, 0.3) is 0 Å². The Morgan fingerprint density at radius 2 is 1.10 bits per heavy atom. The third kappa shape index (κ3) is 13.0. The molecule has 9 nitrogen and oxygen atoms in total. The molecule has 348 valence electrons. The molecule has 9 aliphatic rings. The van der Waals surface area contributed by atoms with Gasteiger partial charge in [0.25, 0.3) is 0 Å². The molecule has 0 aromatic heterocycles. The molecule has 9 heteroatoms. The molecule has 61 heavy (non-hydrogen) atoms. The lowest BCUT2D eigenvalue weighted by Gasteiger charge is -2.46. The van der Waals surface area contributed by atoms with Crippen molar-refractivity contribution in [3.63, 3.8) is 0 Å². The van der Waals surface area contributed by atoms with E-state index in [4.69, 9.17) is 0 Å². The maximum atomic E-state index is 11.7. The lowest BCUT2D eigenvalue weighted by Crippen LogP contribution is -2.52. The summed E-state index contributed by atoms with van der Waals surface area (Å²) >= 11 is 0. The van der Waals surface area contributed by atoms with Crippen LogP contribution in [0.5, 0.6) is 0 Å². The Morgan fingerprint density at radius 3 is 1.77 bits per heavy atom. The van der Waals surface area contributed by atoms with Crippen molar-refractivity contribution in [3.05, 3.63) is 29.8 Å². The number of amides is 1. The van der Waals surface area contributed by atoms with E-state index >= 15 is 0 Å². The Labute approximate surface area is 375 Å². The van der Waals surface area contributed by atoms with Gasteiger partial charge in [0.2, 0.25) is 5.91 Å². The first kappa shape index (κ1) is 48.7. The van der Waals surface area contributed by atoms with E-state index in [0.717, 1.165) is 61.8 Å². The quantitative estimate of drug-likeness (QED) is 0.292. The van der Waals surface area contributed by atoms with Crippen LogP contribution in [-0.2, 0) is 11.2 Å². The summed E-state index contributed by atoms with van der Waals surface area (Å²) in [5.74, 6) is 1.40. The van der Waals surface area contributed by atoms with Crippen molar-refractivity contribution in [2.75, 3.05) is 77.1 Å². The van der Waals surface area contributed by atoms with Gasteiger partial charge in [-0.25, -0.2) is 0 Å². The van der Waals surface area contributed by atoms with Gasteiger partial charge in [-0.05, 0) is 183 Å². The summed E-state index contributed by atoms with van der Waals surface area (Å²) < 4.78 is 0. The van der Waals surface area contributed by atoms with Gasteiger partial charge >= 0.3 is 0 Å². The van der Waals surface area contributed by atoms with Gasteiger partial charge in [-0.3, -0.25) is 34.2 Å². The van der Waals surface area contributed by atoms with Crippen molar-refractivity contribution in [1.82, 2.24) is 34.3 Å². The van der Waals surface area contributed by atoms with Crippen LogP contribution in [0, 0.1) is 5.92 Å². The number of piperazine rings is 1. The average Bonchev–Trinajstić information content (AvgIpc) is 4.10. The molecule has 5 atom stereocenters. The number of carbonyl (C=O) groups is 1. The van der Waals surface area contributed by atoms with Gasteiger partial charge in [-0.15, -0.1) is 0 Å². The Balaban J connectivity index is 0.000000128. The second-order valence-corrected chi connectivity index (χ2v) is 21.7. The maximum Gasteiger partial charge on any atom is 0.241 e. The second kappa shape index (κ2) is 23.4. The van der Waals surface area contributed by atoms with E-state index in [1.54, 1.807) is 0 Å². The molecular formula is C52H94N8O. The monoisotopic (exact) mass is 847 g/mol. The van der Waals surface area contributed by atoms with Gasteiger partial charge in [-0.2, -0.15) is 0 Å². The van der Waals surface area contributed by atoms with Crippen LogP contribution in [0.4, 0.5) is 5.69 Å². The predicted octanol–water partition coefficient (Wildman–Crippen LogP) is 8.86. The van der Waals surface area contributed by atoms with Crippen molar-refractivity contribution >= 4 is 11.6 Å². The molecule has 0 spiro atoms. The predicted molar refractivity (Wildman–Crippen MR) is 258 cm³/mol. The number of anilines is 1. The molecule has 7 saturated heterocycles. The minimum absolute atomic E-state index is 0.229. The van der Waals surface area contributed by atoms with E-state index in [1.807, 2.05) is 4.90 Å². The number of hydrogen-bond donors (Lipinski definition) is 0. The highest BCUT2D eigenvalue weighted by molar-refractivity contribution is 5.84. The Morgan fingerprint density at radius 1 is 0.492 bits per heavy atom. The number of likely N-dealkylation sites (tertiary alicyclic amines) is 1. The van der Waals surface area contributed by atoms with E-state index in [2.05, 4.69) is 128 Å². The fraction of sp³-hybridized carbons (Fsp3) is 0.865. The average molecular weight is 847 g/mol. The molecular weight excluding hydrogens is 753 g/mol. The number of carbonyl (C=O) groups excluding carboxylic acids is 1. The van der Waals surface area contributed by atoms with Crippen LogP contribution >= 0.6 is 0 Å². The van der Waals surface area contributed by atoms with Gasteiger partial charge in [0, 0.05) is 93.3 Å². The zero-order valence-corrected chi connectivity index (χ0v) is 41.2. The summed E-state index contributed by atoms with van der Waals surface area (Å²) in [7, 11) is 0. The van der Waals surface area contributed by atoms with E-state index in [0.29, 0.717) is 18.0 Å². The molecule has 8 aliphatic heterocycles. The van der Waals surface area contributed by atoms with Crippen molar-refractivity contribution in [3.8, 4) is 0 Å². The summed E-state index contributed by atoms with van der Waals surface area (Å²) in [5.41, 5.74) is 2.96. The van der Waals surface area contributed by atoms with Crippen LogP contribution < -0.4 is 4.90 Å². The molecule has 1 aromatic rings. The third-order valence-corrected chi connectivity index (χ3v) is 16.0. The molecule has 8 heterocycles. The van der Waals surface area contributed by atoms with Crippen molar-refractivity contribution in [2.45, 2.75) is 214 Å². The highest BCUT2D eigenvalue weighted by Crippen LogP contribution is 2.36.